The van der Waals surface area contributed by atoms with E-state index in [1.165, 1.54) is 12.3 Å². The van der Waals surface area contributed by atoms with Gasteiger partial charge in [0.25, 0.3) is 0 Å². The van der Waals surface area contributed by atoms with Crippen molar-refractivity contribution < 1.29 is 17.9 Å². The molecule has 2 aliphatic rings. The van der Waals surface area contributed by atoms with Crippen molar-refractivity contribution in [2.45, 2.75) is 30.4 Å². The van der Waals surface area contributed by atoms with Crippen LogP contribution in [0, 0.1) is 11.8 Å². The molecular weight excluding hydrogens is 428 g/mol. The molecule has 4 rings (SSSR count). The van der Waals surface area contributed by atoms with Gasteiger partial charge < -0.3 is 14.4 Å². The number of sulfone groups is 1. The molecule has 162 valence electrons. The van der Waals surface area contributed by atoms with Crippen LogP contribution >= 0.6 is 11.6 Å². The highest BCUT2D eigenvalue weighted by atomic mass is 35.5. The van der Waals surface area contributed by atoms with Crippen LogP contribution in [0.25, 0.3) is 0 Å². The zero-order valence-electron chi connectivity index (χ0n) is 16.8. The van der Waals surface area contributed by atoms with Gasteiger partial charge in [0.2, 0.25) is 12.2 Å². The standard InChI is InChI=1S/C20H25ClN4O4S/c1-30(26,27)17-2-3-18(22-11-17)19-28-12-15(13-29-19)8-14-4-6-25(7-5-14)20-23-9-16(21)10-24-20/h2-3,9-11,14-15,19H,4-8,12-13H2,1H3/t15-,19-. The van der Waals surface area contributed by atoms with Gasteiger partial charge in [-0.25, -0.2) is 18.4 Å². The van der Waals surface area contributed by atoms with E-state index in [0.29, 0.717) is 35.8 Å². The molecule has 0 saturated carbocycles. The minimum Gasteiger partial charge on any atom is -0.347 e. The quantitative estimate of drug-likeness (QED) is 0.683. The molecule has 4 heterocycles. The molecule has 0 unspecified atom stereocenters. The van der Waals surface area contributed by atoms with Crippen LogP contribution in [-0.2, 0) is 19.3 Å². The summed E-state index contributed by atoms with van der Waals surface area (Å²) in [5.41, 5.74) is 0.595. The van der Waals surface area contributed by atoms with Crippen molar-refractivity contribution in [1.82, 2.24) is 15.0 Å². The number of anilines is 1. The number of rotatable bonds is 5. The van der Waals surface area contributed by atoms with E-state index in [-0.39, 0.29) is 4.90 Å². The molecule has 0 bridgehead atoms. The molecule has 10 heteroatoms. The normalized spacial score (nSPS) is 23.5. The van der Waals surface area contributed by atoms with Crippen molar-refractivity contribution in [3.8, 4) is 0 Å². The van der Waals surface area contributed by atoms with Crippen LogP contribution in [0.15, 0.2) is 35.6 Å². The molecule has 2 saturated heterocycles. The van der Waals surface area contributed by atoms with Crippen LogP contribution in [0.4, 0.5) is 5.95 Å². The van der Waals surface area contributed by atoms with E-state index in [1.54, 1.807) is 18.5 Å². The highest BCUT2D eigenvalue weighted by Gasteiger charge is 2.29. The van der Waals surface area contributed by atoms with Gasteiger partial charge in [-0.2, -0.15) is 0 Å². The molecule has 0 spiro atoms. The number of hydrogen-bond acceptors (Lipinski definition) is 8. The first-order valence-corrected chi connectivity index (χ1v) is 12.3. The first kappa shape index (κ1) is 21.4. The lowest BCUT2D eigenvalue weighted by Gasteiger charge is -2.35. The molecule has 0 atom stereocenters. The van der Waals surface area contributed by atoms with Crippen LogP contribution in [0.2, 0.25) is 5.02 Å². The van der Waals surface area contributed by atoms with Gasteiger partial charge >= 0.3 is 0 Å². The molecule has 2 aromatic heterocycles. The van der Waals surface area contributed by atoms with Gasteiger partial charge in [-0.1, -0.05) is 11.6 Å². The van der Waals surface area contributed by atoms with E-state index in [2.05, 4.69) is 19.9 Å². The summed E-state index contributed by atoms with van der Waals surface area (Å²) in [7, 11) is -3.26. The first-order chi connectivity index (χ1) is 14.4. The Kier molecular flexibility index (Phi) is 6.52. The number of ether oxygens (including phenoxy) is 2. The molecule has 2 aromatic rings. The van der Waals surface area contributed by atoms with Crippen LogP contribution in [0.1, 0.15) is 31.2 Å². The third-order valence-corrected chi connectivity index (χ3v) is 6.86. The van der Waals surface area contributed by atoms with Gasteiger partial charge in [-0.05, 0) is 37.3 Å². The van der Waals surface area contributed by atoms with E-state index >= 15 is 0 Å². The molecule has 0 aromatic carbocycles. The average molecular weight is 453 g/mol. The Morgan fingerprint density at radius 2 is 1.70 bits per heavy atom. The lowest BCUT2D eigenvalue weighted by molar-refractivity contribution is -0.209. The third-order valence-electron chi connectivity index (χ3n) is 5.57. The second kappa shape index (κ2) is 9.13. The van der Waals surface area contributed by atoms with E-state index in [1.807, 2.05) is 0 Å². The largest absolute Gasteiger partial charge is 0.347 e. The number of aromatic nitrogens is 3. The summed E-state index contributed by atoms with van der Waals surface area (Å²) < 4.78 is 34.8. The van der Waals surface area contributed by atoms with Crippen molar-refractivity contribution >= 4 is 27.4 Å². The molecule has 0 amide bonds. The second-order valence-electron chi connectivity index (χ2n) is 7.92. The highest BCUT2D eigenvalue weighted by molar-refractivity contribution is 7.90. The summed E-state index contributed by atoms with van der Waals surface area (Å²) in [5.74, 6) is 1.70. The molecule has 2 fully saturated rings. The smallest absolute Gasteiger partial charge is 0.225 e. The summed E-state index contributed by atoms with van der Waals surface area (Å²) in [6.45, 7) is 3.08. The minimum atomic E-state index is -3.26. The van der Waals surface area contributed by atoms with Crippen molar-refractivity contribution in [3.63, 3.8) is 0 Å². The Balaban J connectivity index is 1.23. The fourth-order valence-electron chi connectivity index (χ4n) is 3.91. The topological polar surface area (TPSA) is 94.5 Å². The fourth-order valence-corrected chi connectivity index (χ4v) is 4.57. The number of hydrogen-bond donors (Lipinski definition) is 0. The molecule has 2 aliphatic heterocycles. The zero-order chi connectivity index (χ0) is 21.1. The summed E-state index contributed by atoms with van der Waals surface area (Å²) in [5, 5.41) is 0.547. The number of halogens is 1. The molecule has 8 nitrogen and oxygen atoms in total. The molecule has 0 radical (unpaired) electrons. The number of pyridine rings is 1. The van der Waals surface area contributed by atoms with Gasteiger partial charge in [0.15, 0.2) is 9.84 Å². The molecular formula is C20H25ClN4O4S. The number of piperidine rings is 1. The van der Waals surface area contributed by atoms with Crippen LogP contribution in [0.5, 0.6) is 0 Å². The fraction of sp³-hybridized carbons (Fsp3) is 0.550. The summed E-state index contributed by atoms with van der Waals surface area (Å²) in [6.07, 6.45) is 8.46. The average Bonchev–Trinajstić information content (AvgIpc) is 2.75. The highest BCUT2D eigenvalue weighted by Crippen LogP contribution is 2.31. The Labute approximate surface area is 181 Å². The van der Waals surface area contributed by atoms with E-state index in [9.17, 15) is 8.42 Å². The summed E-state index contributed by atoms with van der Waals surface area (Å²) in [6, 6.07) is 3.19. The van der Waals surface area contributed by atoms with Gasteiger partial charge in [0.1, 0.15) is 0 Å². The van der Waals surface area contributed by atoms with Crippen molar-refractivity contribution in [2.75, 3.05) is 37.5 Å². The Bertz CT molecular complexity index is 940. The SMILES string of the molecule is CS(=O)(=O)c1ccc([C@H]2OC[C@H](CC3CCN(c4ncc(Cl)cn4)CC3)CO2)nc1. The zero-order valence-corrected chi connectivity index (χ0v) is 18.3. The Morgan fingerprint density at radius 1 is 1.03 bits per heavy atom. The predicted octanol–water partition coefficient (Wildman–Crippen LogP) is 2.90. The van der Waals surface area contributed by atoms with Gasteiger partial charge in [-0.15, -0.1) is 0 Å². The van der Waals surface area contributed by atoms with E-state index in [0.717, 1.165) is 44.6 Å². The molecule has 0 N–H and O–H groups in total. The molecule has 30 heavy (non-hydrogen) atoms. The predicted molar refractivity (Wildman–Crippen MR) is 112 cm³/mol. The van der Waals surface area contributed by atoms with Crippen molar-refractivity contribution in [2.24, 2.45) is 11.8 Å². The van der Waals surface area contributed by atoms with Crippen LogP contribution in [-0.4, -0.2) is 55.9 Å². The van der Waals surface area contributed by atoms with Gasteiger partial charge in [0, 0.05) is 31.5 Å². The van der Waals surface area contributed by atoms with Gasteiger partial charge in [0.05, 0.1) is 41.2 Å². The van der Waals surface area contributed by atoms with E-state index in [4.69, 9.17) is 21.1 Å². The Morgan fingerprint density at radius 3 is 2.27 bits per heavy atom. The maximum absolute atomic E-state index is 11.5. The Hall–Kier alpha value is -1.81. The van der Waals surface area contributed by atoms with Crippen LogP contribution < -0.4 is 4.90 Å². The van der Waals surface area contributed by atoms with Crippen molar-refractivity contribution in [1.29, 1.82) is 0 Å². The van der Waals surface area contributed by atoms with Gasteiger partial charge in [-0.3, -0.25) is 4.98 Å². The lowest BCUT2D eigenvalue weighted by Crippen LogP contribution is -2.37. The van der Waals surface area contributed by atoms with Crippen molar-refractivity contribution in [3.05, 3.63) is 41.4 Å². The monoisotopic (exact) mass is 452 g/mol. The minimum absolute atomic E-state index is 0.190. The van der Waals surface area contributed by atoms with Crippen LogP contribution in [0.3, 0.4) is 0 Å². The lowest BCUT2D eigenvalue weighted by atomic mass is 9.87. The first-order valence-electron chi connectivity index (χ1n) is 10.00. The summed E-state index contributed by atoms with van der Waals surface area (Å²) in [4.78, 5) is 15.2. The number of nitrogens with zero attached hydrogens (tertiary/aromatic N) is 4. The third kappa shape index (κ3) is 5.26. The van der Waals surface area contributed by atoms with E-state index < -0.39 is 16.1 Å². The second-order valence-corrected chi connectivity index (χ2v) is 10.4. The maximum atomic E-state index is 11.5. The summed E-state index contributed by atoms with van der Waals surface area (Å²) >= 11 is 5.86. The molecule has 0 aliphatic carbocycles. The maximum Gasteiger partial charge on any atom is 0.225 e.